The van der Waals surface area contributed by atoms with Gasteiger partial charge in [0.15, 0.2) is 11.5 Å². The van der Waals surface area contributed by atoms with Crippen LogP contribution in [0, 0.1) is 0 Å². The number of benzene rings is 2. The van der Waals surface area contributed by atoms with Gasteiger partial charge in [0.2, 0.25) is 5.91 Å². The summed E-state index contributed by atoms with van der Waals surface area (Å²) in [4.78, 5) is 13.2. The fourth-order valence-electron chi connectivity index (χ4n) is 3.24. The van der Waals surface area contributed by atoms with Gasteiger partial charge in [-0.15, -0.1) is 11.8 Å². The number of carbonyl (C=O) groups is 1. The van der Waals surface area contributed by atoms with E-state index in [2.05, 4.69) is 28.3 Å². The summed E-state index contributed by atoms with van der Waals surface area (Å²) < 4.78 is 34.2. The van der Waals surface area contributed by atoms with Crippen LogP contribution in [-0.2, 0) is 24.1 Å². The van der Waals surface area contributed by atoms with Gasteiger partial charge in [-0.1, -0.05) is 12.1 Å². The summed E-state index contributed by atoms with van der Waals surface area (Å²) in [5.41, 5.74) is 3.69. The topological polar surface area (TPSA) is 47.6 Å². The van der Waals surface area contributed by atoms with Crippen LogP contribution in [0.1, 0.15) is 23.1 Å². The Kier molecular flexibility index (Phi) is 7.14. The van der Waals surface area contributed by atoms with E-state index in [9.17, 15) is 13.6 Å². The number of hydrogen-bond acceptors (Lipinski definition) is 4. The zero-order chi connectivity index (χ0) is 19.9. The van der Waals surface area contributed by atoms with Gasteiger partial charge in [0, 0.05) is 11.4 Å². The van der Waals surface area contributed by atoms with E-state index in [1.807, 2.05) is 0 Å². The molecule has 1 N–H and O–H groups in total. The molecule has 0 heterocycles. The number of halogens is 2. The van der Waals surface area contributed by atoms with Crippen molar-refractivity contribution in [1.29, 1.82) is 0 Å². The maximum atomic E-state index is 12.4. The molecular weight excluding hydrogens is 384 g/mol. The molecule has 0 atom stereocenters. The van der Waals surface area contributed by atoms with Crippen LogP contribution in [0.15, 0.2) is 41.3 Å². The lowest BCUT2D eigenvalue weighted by Crippen LogP contribution is -2.27. The number of fused-ring (bicyclic) bond motifs is 1. The molecule has 0 saturated heterocycles. The number of ether oxygens (including phenoxy) is 2. The number of amides is 1. The lowest BCUT2D eigenvalue weighted by Gasteiger charge is -2.12. The standard InChI is InChI=1S/C21H23F2NO3S/c1-26-19-11-14(5-8-18(19)27-21(22)23)9-10-24-20(25)13-28-17-7-6-15-3-2-4-16(15)12-17/h5-8,11-12,21H,2-4,9-10,13H2,1H3,(H,24,25). The number of thioether (sulfide) groups is 1. The van der Waals surface area contributed by atoms with E-state index in [0.29, 0.717) is 18.7 Å². The number of alkyl halides is 2. The molecule has 7 heteroatoms. The predicted molar refractivity (Wildman–Crippen MR) is 106 cm³/mol. The second-order valence-electron chi connectivity index (χ2n) is 6.54. The van der Waals surface area contributed by atoms with Crippen LogP contribution in [0.2, 0.25) is 0 Å². The summed E-state index contributed by atoms with van der Waals surface area (Å²) in [5, 5.41) is 2.89. The molecule has 0 fully saturated rings. The van der Waals surface area contributed by atoms with Crippen molar-refractivity contribution in [3.05, 3.63) is 53.1 Å². The average molecular weight is 407 g/mol. The Hall–Kier alpha value is -2.28. The van der Waals surface area contributed by atoms with Crippen molar-refractivity contribution in [3.63, 3.8) is 0 Å². The maximum absolute atomic E-state index is 12.4. The number of hydrogen-bond donors (Lipinski definition) is 1. The van der Waals surface area contributed by atoms with Crippen LogP contribution >= 0.6 is 11.8 Å². The van der Waals surface area contributed by atoms with Crippen molar-refractivity contribution < 1.29 is 23.0 Å². The SMILES string of the molecule is COc1cc(CCNC(=O)CSc2ccc3c(c2)CCC3)ccc1OC(F)F. The second kappa shape index (κ2) is 9.78. The van der Waals surface area contributed by atoms with Gasteiger partial charge in [0.25, 0.3) is 0 Å². The molecule has 2 aromatic rings. The molecule has 0 aromatic heterocycles. The zero-order valence-electron chi connectivity index (χ0n) is 15.7. The summed E-state index contributed by atoms with van der Waals surface area (Å²) >= 11 is 1.53. The highest BCUT2D eigenvalue weighted by atomic mass is 32.2. The highest BCUT2D eigenvalue weighted by Crippen LogP contribution is 2.30. The average Bonchev–Trinajstić information content (AvgIpc) is 3.15. The molecule has 28 heavy (non-hydrogen) atoms. The molecule has 0 unspecified atom stereocenters. The van der Waals surface area contributed by atoms with E-state index in [-0.39, 0.29) is 17.4 Å². The largest absolute Gasteiger partial charge is 0.493 e. The molecule has 0 spiro atoms. The van der Waals surface area contributed by atoms with E-state index in [1.165, 1.54) is 42.5 Å². The number of nitrogens with one attached hydrogen (secondary N) is 1. The van der Waals surface area contributed by atoms with Crippen LogP contribution in [0.25, 0.3) is 0 Å². The lowest BCUT2D eigenvalue weighted by molar-refractivity contribution is -0.118. The minimum absolute atomic E-state index is 0.00367. The summed E-state index contributed by atoms with van der Waals surface area (Å²) in [6, 6.07) is 11.2. The molecular formula is C21H23F2NO3S. The van der Waals surface area contributed by atoms with Gasteiger partial charge in [-0.05, 0) is 66.6 Å². The molecule has 1 aliphatic rings. The molecule has 0 aliphatic heterocycles. The van der Waals surface area contributed by atoms with Crippen molar-refractivity contribution in [1.82, 2.24) is 5.32 Å². The Bertz CT molecular complexity index is 829. The van der Waals surface area contributed by atoms with Gasteiger partial charge < -0.3 is 14.8 Å². The first-order chi connectivity index (χ1) is 13.5. The lowest BCUT2D eigenvalue weighted by atomic mass is 10.1. The van der Waals surface area contributed by atoms with Crippen LogP contribution < -0.4 is 14.8 Å². The van der Waals surface area contributed by atoms with Crippen LogP contribution in [0.5, 0.6) is 11.5 Å². The maximum Gasteiger partial charge on any atom is 0.387 e. The number of carbonyl (C=O) groups excluding carboxylic acids is 1. The molecule has 1 amide bonds. The third-order valence-corrected chi connectivity index (χ3v) is 5.61. The molecule has 3 rings (SSSR count). The number of aryl methyl sites for hydroxylation is 2. The van der Waals surface area contributed by atoms with Crippen LogP contribution in [0.3, 0.4) is 0 Å². The van der Waals surface area contributed by atoms with Crippen molar-refractivity contribution >= 4 is 17.7 Å². The molecule has 0 saturated carbocycles. The predicted octanol–water partition coefficient (Wildman–Crippen LogP) is 4.24. The fraction of sp³-hybridized carbons (Fsp3) is 0.381. The summed E-state index contributed by atoms with van der Waals surface area (Å²) in [5.74, 6) is 0.575. The highest BCUT2D eigenvalue weighted by molar-refractivity contribution is 8.00. The summed E-state index contributed by atoms with van der Waals surface area (Å²) in [7, 11) is 1.40. The van der Waals surface area contributed by atoms with Gasteiger partial charge in [0.1, 0.15) is 0 Å². The van der Waals surface area contributed by atoms with Crippen LogP contribution in [-0.4, -0.2) is 31.9 Å². The van der Waals surface area contributed by atoms with E-state index in [4.69, 9.17) is 4.74 Å². The summed E-state index contributed by atoms with van der Waals surface area (Å²) in [6.07, 6.45) is 4.06. The normalized spacial score (nSPS) is 12.7. The Morgan fingerprint density at radius 3 is 2.75 bits per heavy atom. The molecule has 4 nitrogen and oxygen atoms in total. The molecule has 1 aliphatic carbocycles. The van der Waals surface area contributed by atoms with Crippen LogP contribution in [0.4, 0.5) is 8.78 Å². The molecule has 2 aromatic carbocycles. The van der Waals surface area contributed by atoms with Gasteiger partial charge in [-0.2, -0.15) is 8.78 Å². The van der Waals surface area contributed by atoms with Crippen molar-refractivity contribution in [2.45, 2.75) is 37.2 Å². The first kappa shape index (κ1) is 20.5. The van der Waals surface area contributed by atoms with Gasteiger partial charge in [-0.25, -0.2) is 0 Å². The fourth-order valence-corrected chi connectivity index (χ4v) is 4.03. The minimum Gasteiger partial charge on any atom is -0.493 e. The Morgan fingerprint density at radius 1 is 1.14 bits per heavy atom. The van der Waals surface area contributed by atoms with Gasteiger partial charge in [-0.3, -0.25) is 4.79 Å². The van der Waals surface area contributed by atoms with Crippen molar-refractivity contribution in [2.24, 2.45) is 0 Å². The second-order valence-corrected chi connectivity index (χ2v) is 7.59. The Labute approximate surface area is 167 Å². The molecule has 0 bridgehead atoms. The van der Waals surface area contributed by atoms with E-state index in [0.717, 1.165) is 23.3 Å². The number of methoxy groups -OCH3 is 1. The van der Waals surface area contributed by atoms with E-state index >= 15 is 0 Å². The van der Waals surface area contributed by atoms with E-state index < -0.39 is 6.61 Å². The third-order valence-electron chi connectivity index (χ3n) is 4.62. The molecule has 150 valence electrons. The minimum atomic E-state index is -2.90. The smallest absolute Gasteiger partial charge is 0.387 e. The zero-order valence-corrected chi connectivity index (χ0v) is 16.5. The quantitative estimate of drug-likeness (QED) is 0.632. The monoisotopic (exact) mass is 407 g/mol. The third kappa shape index (κ3) is 5.61. The van der Waals surface area contributed by atoms with Crippen molar-refractivity contribution in [2.75, 3.05) is 19.4 Å². The first-order valence-electron chi connectivity index (χ1n) is 9.18. The highest BCUT2D eigenvalue weighted by Gasteiger charge is 2.13. The number of rotatable bonds is 9. The first-order valence-corrected chi connectivity index (χ1v) is 10.2. The van der Waals surface area contributed by atoms with Gasteiger partial charge >= 0.3 is 6.61 Å². The van der Waals surface area contributed by atoms with E-state index in [1.54, 1.807) is 12.1 Å². The van der Waals surface area contributed by atoms with Gasteiger partial charge in [0.05, 0.1) is 12.9 Å². The molecule has 0 radical (unpaired) electrons. The van der Waals surface area contributed by atoms with Crippen molar-refractivity contribution in [3.8, 4) is 11.5 Å². The Morgan fingerprint density at radius 2 is 1.96 bits per heavy atom. The summed E-state index contributed by atoms with van der Waals surface area (Å²) in [6.45, 7) is -2.44. The Balaban J connectivity index is 1.43.